The van der Waals surface area contributed by atoms with Crippen LogP contribution < -0.4 is 11.1 Å². The average molecular weight is 313 g/mol. The van der Waals surface area contributed by atoms with E-state index in [-0.39, 0.29) is 24.7 Å². The zero-order valence-electron chi connectivity index (χ0n) is 12.0. The lowest BCUT2D eigenvalue weighted by Crippen LogP contribution is -2.25. The van der Waals surface area contributed by atoms with Gasteiger partial charge >= 0.3 is 5.97 Å². The molecule has 0 radical (unpaired) electrons. The highest BCUT2D eigenvalue weighted by Crippen LogP contribution is 2.15. The van der Waals surface area contributed by atoms with Crippen LogP contribution in [0.25, 0.3) is 6.08 Å². The van der Waals surface area contributed by atoms with Gasteiger partial charge in [-0.2, -0.15) is 0 Å². The van der Waals surface area contributed by atoms with Crippen LogP contribution in [0.15, 0.2) is 24.3 Å². The van der Waals surface area contributed by atoms with Gasteiger partial charge in [-0.3, -0.25) is 9.59 Å². The summed E-state index contributed by atoms with van der Waals surface area (Å²) in [6, 6.07) is 5.13. The zero-order chi connectivity index (χ0) is 15.0. The van der Waals surface area contributed by atoms with Crippen molar-refractivity contribution in [3.63, 3.8) is 0 Å². The number of nitrogens with one attached hydrogen (secondary N) is 1. The van der Waals surface area contributed by atoms with Crippen molar-refractivity contribution in [2.45, 2.75) is 26.2 Å². The molecule has 1 amide bonds. The number of aliphatic carboxylic acids is 1. The largest absolute Gasteiger partial charge is 0.481 e. The summed E-state index contributed by atoms with van der Waals surface area (Å²) in [5, 5.41) is 11.3. The monoisotopic (exact) mass is 312 g/mol. The molecule has 0 heterocycles. The molecule has 116 valence electrons. The number of anilines is 1. The molecule has 0 aliphatic carbocycles. The smallest absolute Gasteiger partial charge is 0.303 e. The third kappa shape index (κ3) is 6.81. The molecule has 21 heavy (non-hydrogen) atoms. The van der Waals surface area contributed by atoms with Crippen molar-refractivity contribution in [3.05, 3.63) is 35.4 Å². The number of carboxylic acids is 1. The minimum atomic E-state index is -0.815. The van der Waals surface area contributed by atoms with Crippen molar-refractivity contribution in [1.82, 2.24) is 5.32 Å². The highest BCUT2D eigenvalue weighted by atomic mass is 35.5. The highest BCUT2D eigenvalue weighted by Gasteiger charge is 2.09. The highest BCUT2D eigenvalue weighted by molar-refractivity contribution is 5.98. The Morgan fingerprint density at radius 3 is 2.67 bits per heavy atom. The Bertz CT molecular complexity index is 516. The number of carbonyl (C=O) groups excluding carboxylic acids is 1. The van der Waals surface area contributed by atoms with Crippen molar-refractivity contribution >= 4 is 36.0 Å². The minimum Gasteiger partial charge on any atom is -0.481 e. The van der Waals surface area contributed by atoms with Gasteiger partial charge in [0.05, 0.1) is 0 Å². The lowest BCUT2D eigenvalue weighted by atomic mass is 10.1. The van der Waals surface area contributed by atoms with Crippen molar-refractivity contribution in [1.29, 1.82) is 0 Å². The van der Waals surface area contributed by atoms with E-state index < -0.39 is 5.97 Å². The fourth-order valence-corrected chi connectivity index (χ4v) is 1.80. The predicted octanol–water partition coefficient (Wildman–Crippen LogP) is 2.71. The van der Waals surface area contributed by atoms with E-state index in [1.165, 1.54) is 0 Å². The molecule has 0 bridgehead atoms. The van der Waals surface area contributed by atoms with Gasteiger partial charge in [-0.1, -0.05) is 12.2 Å². The Balaban J connectivity index is 0.00000400. The number of hydrogen-bond acceptors (Lipinski definition) is 3. The first-order chi connectivity index (χ1) is 9.54. The standard InChI is InChI=1S/C15H20N2O3.ClH/c1-2-5-11-10-12(16)7-8-13(11)15(20)17-9-4-3-6-14(18)19;/h2,5,7-8,10H,3-4,6,9,16H2,1H3,(H,17,20)(H,18,19);1H/b5-2+;. The molecular weight excluding hydrogens is 292 g/mol. The Hall–Kier alpha value is -2.01. The van der Waals surface area contributed by atoms with E-state index in [0.717, 1.165) is 5.56 Å². The lowest BCUT2D eigenvalue weighted by Gasteiger charge is -2.08. The summed E-state index contributed by atoms with van der Waals surface area (Å²) in [5.41, 5.74) is 7.65. The van der Waals surface area contributed by atoms with Gasteiger partial charge in [-0.05, 0) is 43.5 Å². The molecule has 1 rings (SSSR count). The molecule has 1 aromatic rings. The Morgan fingerprint density at radius 1 is 1.33 bits per heavy atom. The quantitative estimate of drug-likeness (QED) is 0.533. The van der Waals surface area contributed by atoms with Gasteiger partial charge in [0.2, 0.25) is 0 Å². The van der Waals surface area contributed by atoms with Gasteiger partial charge in [-0.15, -0.1) is 12.4 Å². The van der Waals surface area contributed by atoms with E-state index in [2.05, 4.69) is 5.32 Å². The summed E-state index contributed by atoms with van der Waals surface area (Å²) >= 11 is 0. The summed E-state index contributed by atoms with van der Waals surface area (Å²) in [6.07, 6.45) is 5.00. The van der Waals surface area contributed by atoms with Crippen molar-refractivity contribution in [2.24, 2.45) is 0 Å². The first-order valence-corrected chi connectivity index (χ1v) is 6.57. The van der Waals surface area contributed by atoms with E-state index in [0.29, 0.717) is 30.6 Å². The molecule has 0 fully saturated rings. The van der Waals surface area contributed by atoms with Gasteiger partial charge in [0.25, 0.3) is 5.91 Å². The topological polar surface area (TPSA) is 92.4 Å². The molecule has 0 spiro atoms. The molecule has 6 heteroatoms. The maximum Gasteiger partial charge on any atom is 0.303 e. The van der Waals surface area contributed by atoms with E-state index in [1.807, 2.05) is 19.1 Å². The van der Waals surface area contributed by atoms with Crippen molar-refractivity contribution in [3.8, 4) is 0 Å². The van der Waals surface area contributed by atoms with Crippen LogP contribution in [0, 0.1) is 0 Å². The number of allylic oxidation sites excluding steroid dienone is 1. The van der Waals surface area contributed by atoms with Crippen LogP contribution in [0.1, 0.15) is 42.1 Å². The molecule has 0 atom stereocenters. The summed E-state index contributed by atoms with van der Waals surface area (Å²) in [6.45, 7) is 2.34. The molecule has 0 aliphatic rings. The molecule has 0 aromatic heterocycles. The predicted molar refractivity (Wildman–Crippen MR) is 86.6 cm³/mol. The molecule has 5 nitrogen and oxygen atoms in total. The first kappa shape index (κ1) is 19.0. The second-order valence-electron chi connectivity index (χ2n) is 4.45. The second kappa shape index (κ2) is 9.83. The third-order valence-electron chi connectivity index (χ3n) is 2.77. The van der Waals surface area contributed by atoms with Crippen LogP contribution in [0.2, 0.25) is 0 Å². The number of carbonyl (C=O) groups is 2. The van der Waals surface area contributed by atoms with Gasteiger partial charge in [-0.25, -0.2) is 0 Å². The molecule has 4 N–H and O–H groups in total. The van der Waals surface area contributed by atoms with Crippen LogP contribution in [-0.4, -0.2) is 23.5 Å². The molecule has 0 unspecified atom stereocenters. The maximum absolute atomic E-state index is 12.0. The average Bonchev–Trinajstić information content (AvgIpc) is 2.38. The van der Waals surface area contributed by atoms with Crippen LogP contribution in [0.5, 0.6) is 0 Å². The minimum absolute atomic E-state index is 0. The van der Waals surface area contributed by atoms with Crippen LogP contribution in [0.4, 0.5) is 5.69 Å². The number of nitrogens with two attached hydrogens (primary N) is 1. The van der Waals surface area contributed by atoms with E-state index in [1.54, 1.807) is 18.2 Å². The van der Waals surface area contributed by atoms with Crippen molar-refractivity contribution in [2.75, 3.05) is 12.3 Å². The first-order valence-electron chi connectivity index (χ1n) is 6.57. The summed E-state index contributed by atoms with van der Waals surface area (Å²) in [5.74, 6) is -0.987. The van der Waals surface area contributed by atoms with Gasteiger partial charge in [0, 0.05) is 24.2 Å². The number of benzene rings is 1. The van der Waals surface area contributed by atoms with Gasteiger partial charge in [0.1, 0.15) is 0 Å². The van der Waals surface area contributed by atoms with E-state index in [4.69, 9.17) is 10.8 Å². The molecular formula is C15H21ClN2O3. The normalized spacial score (nSPS) is 10.1. The number of unbranched alkanes of at least 4 members (excludes halogenated alkanes) is 1. The lowest BCUT2D eigenvalue weighted by molar-refractivity contribution is -0.137. The number of carboxylic acid groups (broad SMARTS) is 1. The van der Waals surface area contributed by atoms with E-state index in [9.17, 15) is 9.59 Å². The second-order valence-corrected chi connectivity index (χ2v) is 4.45. The molecule has 0 saturated carbocycles. The Labute approximate surface area is 130 Å². The number of halogens is 1. The van der Waals surface area contributed by atoms with Gasteiger partial charge < -0.3 is 16.2 Å². The Kier molecular flexibility index (Phi) is 8.88. The SMILES string of the molecule is C/C=C/c1cc(N)ccc1C(=O)NCCCCC(=O)O.Cl. The summed E-state index contributed by atoms with van der Waals surface area (Å²) in [7, 11) is 0. The van der Waals surface area contributed by atoms with Crippen LogP contribution >= 0.6 is 12.4 Å². The fourth-order valence-electron chi connectivity index (χ4n) is 1.80. The van der Waals surface area contributed by atoms with Gasteiger partial charge in [0.15, 0.2) is 0 Å². The summed E-state index contributed by atoms with van der Waals surface area (Å²) < 4.78 is 0. The number of rotatable bonds is 7. The van der Waals surface area contributed by atoms with E-state index >= 15 is 0 Å². The number of hydrogen-bond donors (Lipinski definition) is 3. The van der Waals surface area contributed by atoms with Crippen LogP contribution in [-0.2, 0) is 4.79 Å². The maximum atomic E-state index is 12.0. The summed E-state index contributed by atoms with van der Waals surface area (Å²) in [4.78, 5) is 22.4. The third-order valence-corrected chi connectivity index (χ3v) is 2.77. The molecule has 0 aliphatic heterocycles. The van der Waals surface area contributed by atoms with Crippen LogP contribution in [0.3, 0.4) is 0 Å². The van der Waals surface area contributed by atoms with Crippen molar-refractivity contribution < 1.29 is 14.7 Å². The fraction of sp³-hybridized carbons (Fsp3) is 0.333. The Morgan fingerprint density at radius 2 is 2.05 bits per heavy atom. The molecule has 0 saturated heterocycles. The number of amides is 1. The zero-order valence-corrected chi connectivity index (χ0v) is 12.8. The number of nitrogen functional groups attached to an aromatic ring is 1. The molecule has 1 aromatic carbocycles.